The summed E-state index contributed by atoms with van der Waals surface area (Å²) in [6.45, 7) is 1.40. The van der Waals surface area contributed by atoms with E-state index in [0.717, 1.165) is 32.2 Å². The Labute approximate surface area is 154 Å². The Balaban J connectivity index is 1.54. The van der Waals surface area contributed by atoms with Gasteiger partial charge in [0, 0.05) is 19.1 Å². The van der Waals surface area contributed by atoms with E-state index in [4.69, 9.17) is 12.2 Å². The van der Waals surface area contributed by atoms with Crippen LogP contribution in [0.1, 0.15) is 44.9 Å². The van der Waals surface area contributed by atoms with Crippen LogP contribution in [0.4, 0.5) is 10.1 Å². The van der Waals surface area contributed by atoms with Gasteiger partial charge in [0.1, 0.15) is 5.82 Å². The lowest BCUT2D eigenvalue weighted by molar-refractivity contribution is -0.127. The third-order valence-corrected chi connectivity index (χ3v) is 5.51. The van der Waals surface area contributed by atoms with Crippen molar-refractivity contribution in [3.8, 4) is 0 Å². The molecule has 6 heteroatoms. The fourth-order valence-corrected chi connectivity index (χ4v) is 3.97. The molecule has 1 unspecified atom stereocenters. The molecular formula is C19H26FN3OS. The van der Waals surface area contributed by atoms with Gasteiger partial charge in [-0.3, -0.25) is 4.79 Å². The summed E-state index contributed by atoms with van der Waals surface area (Å²) < 4.78 is 13.8. The molecule has 0 radical (unpaired) electrons. The average Bonchev–Trinajstić information content (AvgIpc) is 2.64. The summed E-state index contributed by atoms with van der Waals surface area (Å²) in [5, 5.41) is 6.68. The molecule has 1 aliphatic carbocycles. The van der Waals surface area contributed by atoms with Gasteiger partial charge in [0.15, 0.2) is 5.11 Å². The first kappa shape index (κ1) is 18.1. The number of hydrogen-bond donors (Lipinski definition) is 2. The number of amides is 1. The Bertz CT molecular complexity index is 618. The van der Waals surface area contributed by atoms with E-state index in [2.05, 4.69) is 10.6 Å². The van der Waals surface area contributed by atoms with E-state index in [9.17, 15) is 9.18 Å². The second-order valence-corrected chi connectivity index (χ2v) is 7.43. The molecule has 1 saturated carbocycles. The number of anilines is 1. The van der Waals surface area contributed by atoms with E-state index in [-0.39, 0.29) is 17.6 Å². The Morgan fingerprint density at radius 2 is 1.88 bits per heavy atom. The molecule has 1 heterocycles. The van der Waals surface area contributed by atoms with E-state index in [1.54, 1.807) is 18.2 Å². The smallest absolute Gasteiger partial charge is 0.225 e. The van der Waals surface area contributed by atoms with Gasteiger partial charge in [-0.2, -0.15) is 0 Å². The molecule has 4 nitrogen and oxygen atoms in total. The molecule has 25 heavy (non-hydrogen) atoms. The zero-order valence-electron chi connectivity index (χ0n) is 14.5. The molecule has 1 amide bonds. The third kappa shape index (κ3) is 4.91. The monoisotopic (exact) mass is 363 g/mol. The van der Waals surface area contributed by atoms with Crippen LogP contribution in [0.3, 0.4) is 0 Å². The second kappa shape index (κ2) is 8.61. The number of hydrogen-bond acceptors (Lipinski definition) is 2. The minimum absolute atomic E-state index is 0.0453. The maximum atomic E-state index is 13.8. The summed E-state index contributed by atoms with van der Waals surface area (Å²) in [6, 6.07) is 6.82. The highest BCUT2D eigenvalue weighted by Crippen LogP contribution is 2.22. The van der Waals surface area contributed by atoms with E-state index in [0.29, 0.717) is 23.4 Å². The van der Waals surface area contributed by atoms with Crippen LogP contribution < -0.4 is 10.6 Å². The predicted molar refractivity (Wildman–Crippen MR) is 102 cm³/mol. The Morgan fingerprint density at radius 1 is 1.12 bits per heavy atom. The molecule has 2 N–H and O–H groups in total. The number of piperidine rings is 1. The fourth-order valence-electron chi connectivity index (χ4n) is 3.70. The van der Waals surface area contributed by atoms with Crippen LogP contribution in [-0.4, -0.2) is 35.1 Å². The summed E-state index contributed by atoms with van der Waals surface area (Å²) in [5.74, 6) is -0.227. The number of para-hydroxylation sites is 1. The molecule has 2 aliphatic rings. The Kier molecular flexibility index (Phi) is 6.24. The van der Waals surface area contributed by atoms with Gasteiger partial charge in [0.25, 0.3) is 0 Å². The molecule has 136 valence electrons. The number of likely N-dealkylation sites (tertiary alicyclic amines) is 1. The molecule has 1 atom stereocenters. The van der Waals surface area contributed by atoms with Crippen molar-refractivity contribution in [2.75, 3.05) is 18.4 Å². The van der Waals surface area contributed by atoms with E-state index < -0.39 is 0 Å². The number of benzene rings is 1. The summed E-state index contributed by atoms with van der Waals surface area (Å²) in [7, 11) is 0. The lowest BCUT2D eigenvalue weighted by atomic mass is 9.93. The molecule has 1 aromatic rings. The van der Waals surface area contributed by atoms with Gasteiger partial charge in [0.05, 0.1) is 11.6 Å². The molecular weight excluding hydrogens is 337 g/mol. The van der Waals surface area contributed by atoms with Crippen molar-refractivity contribution >= 4 is 28.9 Å². The number of carbonyl (C=O) groups excluding carboxylic acids is 1. The highest BCUT2D eigenvalue weighted by atomic mass is 32.1. The number of halogens is 1. The van der Waals surface area contributed by atoms with Crippen LogP contribution in [0.15, 0.2) is 24.3 Å². The first-order valence-electron chi connectivity index (χ1n) is 9.24. The van der Waals surface area contributed by atoms with Crippen molar-refractivity contribution in [2.24, 2.45) is 5.92 Å². The van der Waals surface area contributed by atoms with Crippen molar-refractivity contribution in [2.45, 2.75) is 51.0 Å². The third-order valence-electron chi connectivity index (χ3n) is 5.15. The maximum absolute atomic E-state index is 13.8. The Hall–Kier alpha value is -1.69. The number of rotatable bonds is 3. The number of thiocarbonyl (C=S) groups is 1. The summed E-state index contributed by atoms with van der Waals surface area (Å²) in [6.07, 6.45) is 7.68. The highest BCUT2D eigenvalue weighted by molar-refractivity contribution is 7.80. The lowest BCUT2D eigenvalue weighted by Gasteiger charge is -2.35. The summed E-state index contributed by atoms with van der Waals surface area (Å²) in [4.78, 5) is 14.6. The van der Waals surface area contributed by atoms with Crippen LogP contribution in [0.2, 0.25) is 0 Å². The van der Waals surface area contributed by atoms with Crippen molar-refractivity contribution in [1.29, 1.82) is 0 Å². The molecule has 0 bridgehead atoms. The summed E-state index contributed by atoms with van der Waals surface area (Å²) in [5.41, 5.74) is 0.376. The minimum atomic E-state index is -0.326. The number of carbonyl (C=O) groups is 1. The average molecular weight is 364 g/mol. The second-order valence-electron chi connectivity index (χ2n) is 7.04. The van der Waals surface area contributed by atoms with Crippen LogP contribution in [0, 0.1) is 11.7 Å². The SMILES string of the molecule is O=C(NC1CCCCC1)C1CCCN(C(=S)Nc2ccccc2F)C1. The van der Waals surface area contributed by atoms with E-state index in [1.165, 1.54) is 25.3 Å². The van der Waals surface area contributed by atoms with E-state index in [1.807, 2.05) is 4.90 Å². The van der Waals surface area contributed by atoms with Crippen LogP contribution in [-0.2, 0) is 4.79 Å². The highest BCUT2D eigenvalue weighted by Gasteiger charge is 2.28. The molecule has 2 fully saturated rings. The van der Waals surface area contributed by atoms with Gasteiger partial charge in [-0.25, -0.2) is 4.39 Å². The van der Waals surface area contributed by atoms with Crippen molar-refractivity contribution < 1.29 is 9.18 Å². The topological polar surface area (TPSA) is 44.4 Å². The van der Waals surface area contributed by atoms with Crippen molar-refractivity contribution in [1.82, 2.24) is 10.2 Å². The predicted octanol–water partition coefficient (Wildman–Crippen LogP) is 3.68. The Morgan fingerprint density at radius 3 is 2.64 bits per heavy atom. The number of nitrogens with zero attached hydrogens (tertiary/aromatic N) is 1. The van der Waals surface area contributed by atoms with Gasteiger partial charge in [0.2, 0.25) is 5.91 Å². The molecule has 3 rings (SSSR count). The molecule has 0 aromatic heterocycles. The lowest BCUT2D eigenvalue weighted by Crippen LogP contribution is -2.48. The van der Waals surface area contributed by atoms with Gasteiger partial charge >= 0.3 is 0 Å². The van der Waals surface area contributed by atoms with Gasteiger partial charge in [-0.05, 0) is 50.0 Å². The zero-order valence-corrected chi connectivity index (χ0v) is 15.3. The molecule has 1 saturated heterocycles. The number of nitrogens with one attached hydrogen (secondary N) is 2. The fraction of sp³-hybridized carbons (Fsp3) is 0.579. The first-order chi connectivity index (χ1) is 12.1. The van der Waals surface area contributed by atoms with Crippen LogP contribution in [0.25, 0.3) is 0 Å². The van der Waals surface area contributed by atoms with Gasteiger partial charge in [-0.15, -0.1) is 0 Å². The standard InChI is InChI=1S/C19H26FN3OS/c20-16-10-4-5-11-17(16)22-19(25)23-12-6-7-14(13-23)18(24)21-15-8-2-1-3-9-15/h4-5,10-11,14-15H,1-3,6-9,12-13H2,(H,21,24)(H,22,25). The van der Waals surface area contributed by atoms with Gasteiger partial charge < -0.3 is 15.5 Å². The quantitative estimate of drug-likeness (QED) is 0.804. The van der Waals surface area contributed by atoms with Gasteiger partial charge in [-0.1, -0.05) is 31.4 Å². The van der Waals surface area contributed by atoms with Crippen LogP contribution in [0.5, 0.6) is 0 Å². The molecule has 0 spiro atoms. The zero-order chi connectivity index (χ0) is 17.6. The van der Waals surface area contributed by atoms with Crippen LogP contribution >= 0.6 is 12.2 Å². The minimum Gasteiger partial charge on any atom is -0.353 e. The summed E-state index contributed by atoms with van der Waals surface area (Å²) >= 11 is 5.43. The molecule has 1 aliphatic heterocycles. The molecule has 1 aromatic carbocycles. The van der Waals surface area contributed by atoms with Crippen molar-refractivity contribution in [3.05, 3.63) is 30.1 Å². The van der Waals surface area contributed by atoms with E-state index >= 15 is 0 Å². The normalized spacial score (nSPS) is 21.6. The largest absolute Gasteiger partial charge is 0.353 e. The van der Waals surface area contributed by atoms with Crippen molar-refractivity contribution in [3.63, 3.8) is 0 Å². The first-order valence-corrected chi connectivity index (χ1v) is 9.65. The maximum Gasteiger partial charge on any atom is 0.225 e.